The van der Waals surface area contributed by atoms with E-state index in [1.807, 2.05) is 5.06 Å². The molecule has 0 aliphatic carbocycles. The minimum absolute atomic E-state index is 0.101. The number of urea groups is 1. The number of hydroxylamine groups is 2. The molecule has 0 aromatic heterocycles. The Morgan fingerprint density at radius 2 is 1.72 bits per heavy atom. The maximum absolute atomic E-state index is 11.3. The standard InChI is InChI=1S/C12H24N4O2/c17-12(15-7-8-15)14-6-4-2-1-3-5-13-11-18-16-9-10-16/h13H,1-11H2,(H,14,17). The fourth-order valence-electron chi connectivity index (χ4n) is 1.67. The number of amides is 2. The number of rotatable bonds is 10. The molecule has 0 unspecified atom stereocenters. The third-order valence-electron chi connectivity index (χ3n) is 3.05. The highest BCUT2D eigenvalue weighted by Crippen LogP contribution is 2.04. The molecule has 2 rings (SSSR count). The topological polar surface area (TPSA) is 56.4 Å². The lowest BCUT2D eigenvalue weighted by atomic mass is 10.2. The van der Waals surface area contributed by atoms with Crippen molar-refractivity contribution in [1.82, 2.24) is 20.6 Å². The lowest BCUT2D eigenvalue weighted by molar-refractivity contribution is -0.0728. The maximum Gasteiger partial charge on any atom is 0.317 e. The van der Waals surface area contributed by atoms with Crippen LogP contribution in [0.5, 0.6) is 0 Å². The summed E-state index contributed by atoms with van der Waals surface area (Å²) in [5.74, 6) is 0. The Morgan fingerprint density at radius 3 is 2.39 bits per heavy atom. The summed E-state index contributed by atoms with van der Waals surface area (Å²) in [7, 11) is 0. The second-order valence-electron chi connectivity index (χ2n) is 4.84. The van der Waals surface area contributed by atoms with E-state index < -0.39 is 0 Å². The number of carbonyl (C=O) groups excluding carboxylic acids is 1. The summed E-state index contributed by atoms with van der Waals surface area (Å²) in [6.45, 7) is 6.45. The second kappa shape index (κ2) is 7.56. The van der Waals surface area contributed by atoms with E-state index in [0.29, 0.717) is 6.73 Å². The summed E-state index contributed by atoms with van der Waals surface area (Å²) >= 11 is 0. The van der Waals surface area contributed by atoms with E-state index in [1.165, 1.54) is 19.3 Å². The summed E-state index contributed by atoms with van der Waals surface area (Å²) in [4.78, 5) is 18.4. The Labute approximate surface area is 109 Å². The lowest BCUT2D eigenvalue weighted by Gasteiger charge is -2.06. The first-order valence-electron chi connectivity index (χ1n) is 6.97. The first-order valence-corrected chi connectivity index (χ1v) is 6.97. The number of hydrogen-bond acceptors (Lipinski definition) is 4. The normalized spacial score (nSPS) is 17.9. The number of nitrogens with one attached hydrogen (secondary N) is 2. The van der Waals surface area contributed by atoms with Gasteiger partial charge in [0, 0.05) is 32.7 Å². The van der Waals surface area contributed by atoms with Crippen LogP contribution in [0.25, 0.3) is 0 Å². The third kappa shape index (κ3) is 6.18. The van der Waals surface area contributed by atoms with Crippen LogP contribution in [0, 0.1) is 0 Å². The van der Waals surface area contributed by atoms with E-state index in [9.17, 15) is 4.79 Å². The molecule has 2 saturated heterocycles. The van der Waals surface area contributed by atoms with Crippen LogP contribution < -0.4 is 10.6 Å². The van der Waals surface area contributed by atoms with E-state index in [1.54, 1.807) is 4.90 Å². The average Bonchev–Trinajstić information content (AvgIpc) is 3.24. The Kier molecular flexibility index (Phi) is 5.70. The number of unbranched alkanes of at least 4 members (excludes halogenated alkanes) is 3. The molecule has 0 spiro atoms. The summed E-state index contributed by atoms with van der Waals surface area (Å²) in [5, 5.41) is 8.11. The van der Waals surface area contributed by atoms with Crippen LogP contribution in [0.2, 0.25) is 0 Å². The van der Waals surface area contributed by atoms with Crippen molar-refractivity contribution < 1.29 is 9.63 Å². The molecule has 18 heavy (non-hydrogen) atoms. The fraction of sp³-hybridized carbons (Fsp3) is 0.917. The molecule has 6 nitrogen and oxygen atoms in total. The van der Waals surface area contributed by atoms with E-state index in [0.717, 1.165) is 45.7 Å². The highest BCUT2D eigenvalue weighted by atomic mass is 16.7. The molecule has 104 valence electrons. The molecule has 0 bridgehead atoms. The Bertz CT molecular complexity index is 254. The molecule has 0 aromatic carbocycles. The predicted octanol–water partition coefficient (Wildman–Crippen LogP) is 0.366. The average molecular weight is 256 g/mol. The summed E-state index contributed by atoms with van der Waals surface area (Å²) < 4.78 is 0. The first kappa shape index (κ1) is 13.6. The van der Waals surface area contributed by atoms with Crippen LogP contribution >= 0.6 is 0 Å². The molecular formula is C12H24N4O2. The highest BCUT2D eigenvalue weighted by Gasteiger charge is 2.22. The molecule has 0 aromatic rings. The molecule has 2 aliphatic rings. The number of nitrogens with zero attached hydrogens (tertiary/aromatic N) is 2. The zero-order valence-corrected chi connectivity index (χ0v) is 11.0. The zero-order valence-electron chi connectivity index (χ0n) is 11.0. The van der Waals surface area contributed by atoms with Gasteiger partial charge in [-0.3, -0.25) is 10.2 Å². The van der Waals surface area contributed by atoms with Crippen molar-refractivity contribution in [2.24, 2.45) is 0 Å². The maximum atomic E-state index is 11.3. The van der Waals surface area contributed by atoms with Gasteiger partial charge in [-0.2, -0.15) is 5.06 Å². The minimum Gasteiger partial charge on any atom is -0.338 e. The van der Waals surface area contributed by atoms with Gasteiger partial charge in [-0.25, -0.2) is 4.79 Å². The fourth-order valence-corrected chi connectivity index (χ4v) is 1.67. The van der Waals surface area contributed by atoms with Crippen LogP contribution in [0.15, 0.2) is 0 Å². The molecule has 0 saturated carbocycles. The minimum atomic E-state index is 0.101. The van der Waals surface area contributed by atoms with Crippen molar-refractivity contribution in [3.05, 3.63) is 0 Å². The molecule has 0 radical (unpaired) electrons. The smallest absolute Gasteiger partial charge is 0.317 e. The van der Waals surface area contributed by atoms with Crippen LogP contribution in [-0.4, -0.2) is 62.0 Å². The van der Waals surface area contributed by atoms with Gasteiger partial charge in [0.25, 0.3) is 0 Å². The zero-order chi connectivity index (χ0) is 12.6. The van der Waals surface area contributed by atoms with E-state index >= 15 is 0 Å². The molecule has 2 N–H and O–H groups in total. The quantitative estimate of drug-likeness (QED) is 0.337. The van der Waals surface area contributed by atoms with Gasteiger partial charge in [0.15, 0.2) is 0 Å². The van der Waals surface area contributed by atoms with Crippen molar-refractivity contribution in [2.75, 3.05) is 46.0 Å². The lowest BCUT2D eigenvalue weighted by Crippen LogP contribution is -2.29. The molecule has 2 fully saturated rings. The molecule has 2 aliphatic heterocycles. The van der Waals surface area contributed by atoms with Gasteiger partial charge in [0.1, 0.15) is 6.73 Å². The Balaban J connectivity index is 1.26. The van der Waals surface area contributed by atoms with Crippen molar-refractivity contribution in [3.63, 3.8) is 0 Å². The molecule has 2 amide bonds. The van der Waals surface area contributed by atoms with Crippen molar-refractivity contribution in [1.29, 1.82) is 0 Å². The summed E-state index contributed by atoms with van der Waals surface area (Å²) in [6, 6.07) is 0.101. The number of carbonyl (C=O) groups is 1. The van der Waals surface area contributed by atoms with E-state index in [2.05, 4.69) is 10.6 Å². The van der Waals surface area contributed by atoms with E-state index in [-0.39, 0.29) is 6.03 Å². The van der Waals surface area contributed by atoms with Gasteiger partial charge >= 0.3 is 6.03 Å². The largest absolute Gasteiger partial charge is 0.338 e. The van der Waals surface area contributed by atoms with Crippen molar-refractivity contribution in [3.8, 4) is 0 Å². The SMILES string of the molecule is O=C(NCCCCCCNCON1CC1)N1CC1. The summed E-state index contributed by atoms with van der Waals surface area (Å²) in [6.07, 6.45) is 4.62. The van der Waals surface area contributed by atoms with Gasteiger partial charge in [-0.15, -0.1) is 0 Å². The first-order chi connectivity index (χ1) is 8.86. The van der Waals surface area contributed by atoms with Crippen LogP contribution in [0.4, 0.5) is 4.79 Å². The monoisotopic (exact) mass is 256 g/mol. The summed E-state index contributed by atoms with van der Waals surface area (Å²) in [5.41, 5.74) is 0. The third-order valence-corrected chi connectivity index (χ3v) is 3.05. The van der Waals surface area contributed by atoms with Gasteiger partial charge < -0.3 is 10.2 Å². The predicted molar refractivity (Wildman–Crippen MR) is 69.0 cm³/mol. The van der Waals surface area contributed by atoms with Gasteiger partial charge in [-0.1, -0.05) is 12.8 Å². The highest BCUT2D eigenvalue weighted by molar-refractivity contribution is 5.76. The van der Waals surface area contributed by atoms with Crippen LogP contribution in [0.1, 0.15) is 25.7 Å². The van der Waals surface area contributed by atoms with Gasteiger partial charge in [-0.05, 0) is 19.4 Å². The van der Waals surface area contributed by atoms with Crippen molar-refractivity contribution in [2.45, 2.75) is 25.7 Å². The Hall–Kier alpha value is -0.850. The molecular weight excluding hydrogens is 232 g/mol. The second-order valence-corrected chi connectivity index (χ2v) is 4.84. The Morgan fingerprint density at radius 1 is 1.00 bits per heavy atom. The van der Waals surface area contributed by atoms with Gasteiger partial charge in [0.2, 0.25) is 0 Å². The van der Waals surface area contributed by atoms with Gasteiger partial charge in [0.05, 0.1) is 0 Å². The van der Waals surface area contributed by atoms with E-state index in [4.69, 9.17) is 4.84 Å². The van der Waals surface area contributed by atoms with Crippen LogP contribution in [0.3, 0.4) is 0 Å². The molecule has 2 heterocycles. The van der Waals surface area contributed by atoms with Crippen LogP contribution in [-0.2, 0) is 4.84 Å². The van der Waals surface area contributed by atoms with Crippen molar-refractivity contribution >= 4 is 6.03 Å². The number of hydrogen-bond donors (Lipinski definition) is 2. The molecule has 0 atom stereocenters. The molecule has 6 heteroatoms.